The number of rotatable bonds is 5. The number of hydrogen-bond donors (Lipinski definition) is 1. The predicted octanol–water partition coefficient (Wildman–Crippen LogP) is 0.703. The molecule has 3 unspecified atom stereocenters. The van der Waals surface area contributed by atoms with E-state index in [1.807, 2.05) is 6.92 Å². The van der Waals surface area contributed by atoms with Crippen molar-refractivity contribution in [2.75, 3.05) is 24.7 Å². The number of nitrogens with one attached hydrogen (secondary N) is 1. The van der Waals surface area contributed by atoms with Crippen LogP contribution in [0.3, 0.4) is 0 Å². The Morgan fingerprint density at radius 2 is 1.92 bits per heavy atom. The largest absolute Gasteiger partial charge is 0.377 e. The Bertz CT molecular complexity index is 780. The maximum absolute atomic E-state index is 12.9. The first-order valence-corrected chi connectivity index (χ1v) is 11.5. The van der Waals surface area contributed by atoms with E-state index in [4.69, 9.17) is 4.74 Å². The van der Waals surface area contributed by atoms with Crippen LogP contribution in [0.15, 0.2) is 29.2 Å². The highest BCUT2D eigenvalue weighted by atomic mass is 32.2. The number of aryl methyl sites for hydroxylation is 1. The Hall–Kier alpha value is -0.960. The van der Waals surface area contributed by atoms with Crippen molar-refractivity contribution in [1.29, 1.82) is 0 Å². The molecule has 2 saturated heterocycles. The molecule has 24 heavy (non-hydrogen) atoms. The van der Waals surface area contributed by atoms with Crippen molar-refractivity contribution in [2.24, 2.45) is 0 Å². The molecule has 3 rings (SSSR count). The average Bonchev–Trinajstić information content (AvgIpc) is 3.13. The summed E-state index contributed by atoms with van der Waals surface area (Å²) < 4.78 is 55.4. The Balaban J connectivity index is 1.80. The molecule has 1 aromatic carbocycles. The highest BCUT2D eigenvalue weighted by Gasteiger charge is 2.45. The van der Waals surface area contributed by atoms with Gasteiger partial charge in [-0.3, -0.25) is 0 Å². The minimum absolute atomic E-state index is 0.0380. The smallest absolute Gasteiger partial charge is 0.183 e. The first-order valence-electron chi connectivity index (χ1n) is 8.14. The molecule has 1 aromatic rings. The van der Waals surface area contributed by atoms with Crippen molar-refractivity contribution in [3.05, 3.63) is 29.8 Å². The van der Waals surface area contributed by atoms with Gasteiger partial charge in [0, 0.05) is 19.2 Å². The van der Waals surface area contributed by atoms with Crippen molar-refractivity contribution in [1.82, 2.24) is 5.32 Å². The topological polar surface area (TPSA) is 89.5 Å². The van der Waals surface area contributed by atoms with Crippen molar-refractivity contribution in [3.63, 3.8) is 0 Å². The summed E-state index contributed by atoms with van der Waals surface area (Å²) in [5.74, 6) is -0.470. The van der Waals surface area contributed by atoms with E-state index in [1.165, 1.54) is 0 Å². The highest BCUT2D eigenvalue weighted by Crippen LogP contribution is 2.26. The van der Waals surface area contributed by atoms with E-state index in [0.717, 1.165) is 18.4 Å². The monoisotopic (exact) mass is 373 g/mol. The van der Waals surface area contributed by atoms with Gasteiger partial charge < -0.3 is 10.1 Å². The Kier molecular flexibility index (Phi) is 5.01. The molecule has 0 spiro atoms. The fourth-order valence-corrected chi connectivity index (χ4v) is 8.02. The van der Waals surface area contributed by atoms with Crippen LogP contribution in [-0.4, -0.2) is 58.9 Å². The normalized spacial score (nSPS) is 29.8. The lowest BCUT2D eigenvalue weighted by Crippen LogP contribution is -2.45. The van der Waals surface area contributed by atoms with Crippen molar-refractivity contribution in [3.8, 4) is 0 Å². The highest BCUT2D eigenvalue weighted by molar-refractivity contribution is 7.96. The SMILES string of the molecule is Cc1ccc(S(=O)(=O)C2CS(=O)(=O)CC2NCC2CCCO2)cc1. The van der Waals surface area contributed by atoms with Gasteiger partial charge in [0.1, 0.15) is 0 Å². The molecule has 2 fully saturated rings. The maximum atomic E-state index is 12.9. The van der Waals surface area contributed by atoms with Crippen molar-refractivity contribution >= 4 is 19.7 Å². The summed E-state index contributed by atoms with van der Waals surface area (Å²) in [6.45, 7) is 3.07. The van der Waals surface area contributed by atoms with E-state index in [0.29, 0.717) is 13.2 Å². The van der Waals surface area contributed by atoms with Crippen LogP contribution in [0.2, 0.25) is 0 Å². The molecule has 0 aromatic heterocycles. The third-order valence-corrected chi connectivity index (χ3v) is 8.85. The molecule has 6 nitrogen and oxygen atoms in total. The summed E-state index contributed by atoms with van der Waals surface area (Å²) in [6, 6.07) is 5.96. The van der Waals surface area contributed by atoms with Gasteiger partial charge in [0.2, 0.25) is 0 Å². The predicted molar refractivity (Wildman–Crippen MR) is 91.6 cm³/mol. The van der Waals surface area contributed by atoms with Crippen LogP contribution in [-0.2, 0) is 24.4 Å². The van der Waals surface area contributed by atoms with Gasteiger partial charge in [0.05, 0.1) is 27.8 Å². The summed E-state index contributed by atoms with van der Waals surface area (Å²) in [6.07, 6.45) is 1.94. The molecule has 2 aliphatic rings. The minimum Gasteiger partial charge on any atom is -0.377 e. The first kappa shape index (κ1) is 17.8. The lowest BCUT2D eigenvalue weighted by molar-refractivity contribution is 0.108. The van der Waals surface area contributed by atoms with Crippen LogP contribution in [0.25, 0.3) is 0 Å². The molecule has 1 N–H and O–H groups in total. The van der Waals surface area contributed by atoms with Gasteiger partial charge in [-0.05, 0) is 31.9 Å². The molecule has 0 saturated carbocycles. The van der Waals surface area contributed by atoms with E-state index in [-0.39, 0.29) is 22.5 Å². The summed E-state index contributed by atoms with van der Waals surface area (Å²) in [5, 5.41) is 2.18. The maximum Gasteiger partial charge on any atom is 0.183 e. The second-order valence-corrected chi connectivity index (χ2v) is 10.9. The van der Waals surface area contributed by atoms with Crippen LogP contribution in [0.1, 0.15) is 18.4 Å². The summed E-state index contributed by atoms with van der Waals surface area (Å²) in [4.78, 5) is 0.180. The Labute approximate surface area is 143 Å². The molecule has 134 valence electrons. The Morgan fingerprint density at radius 3 is 2.54 bits per heavy atom. The van der Waals surface area contributed by atoms with Crippen LogP contribution in [0.5, 0.6) is 0 Å². The molecule has 0 aliphatic carbocycles. The van der Waals surface area contributed by atoms with Crippen LogP contribution < -0.4 is 5.32 Å². The lowest BCUT2D eigenvalue weighted by atomic mass is 10.2. The van der Waals surface area contributed by atoms with Crippen LogP contribution in [0.4, 0.5) is 0 Å². The van der Waals surface area contributed by atoms with E-state index < -0.39 is 31.0 Å². The van der Waals surface area contributed by atoms with Crippen molar-refractivity contribution < 1.29 is 21.6 Å². The fourth-order valence-electron chi connectivity index (χ4n) is 3.30. The second kappa shape index (κ2) is 6.74. The van der Waals surface area contributed by atoms with Gasteiger partial charge >= 0.3 is 0 Å². The molecule has 3 atom stereocenters. The standard InChI is InChI=1S/C16H23NO5S2/c1-12-4-6-14(7-5-12)24(20,21)16-11-23(18,19)10-15(16)17-9-13-3-2-8-22-13/h4-7,13,15-17H,2-3,8-11H2,1H3. The third-order valence-electron chi connectivity index (χ3n) is 4.68. The second-order valence-electron chi connectivity index (χ2n) is 6.62. The number of ether oxygens (including phenoxy) is 1. The zero-order valence-electron chi connectivity index (χ0n) is 13.6. The van der Waals surface area contributed by atoms with Gasteiger partial charge in [-0.15, -0.1) is 0 Å². The molecule has 0 bridgehead atoms. The van der Waals surface area contributed by atoms with Crippen LogP contribution >= 0.6 is 0 Å². The molecular formula is C16H23NO5S2. The van der Waals surface area contributed by atoms with E-state index in [1.54, 1.807) is 24.3 Å². The average molecular weight is 373 g/mol. The molecule has 0 amide bonds. The zero-order valence-corrected chi connectivity index (χ0v) is 15.3. The quantitative estimate of drug-likeness (QED) is 0.817. The third kappa shape index (κ3) is 3.82. The zero-order chi connectivity index (χ0) is 17.4. The summed E-state index contributed by atoms with van der Waals surface area (Å²) in [5.41, 5.74) is 0.959. The molecule has 0 radical (unpaired) electrons. The van der Waals surface area contributed by atoms with Gasteiger partial charge in [-0.25, -0.2) is 16.8 Å². The number of benzene rings is 1. The van der Waals surface area contributed by atoms with Gasteiger partial charge in [0.25, 0.3) is 0 Å². The molecular weight excluding hydrogens is 350 g/mol. The summed E-state index contributed by atoms with van der Waals surface area (Å²) in [7, 11) is -7.08. The lowest BCUT2D eigenvalue weighted by Gasteiger charge is -2.21. The van der Waals surface area contributed by atoms with Crippen LogP contribution in [0, 0.1) is 6.92 Å². The number of sulfone groups is 2. The number of hydrogen-bond acceptors (Lipinski definition) is 6. The Morgan fingerprint density at radius 1 is 1.21 bits per heavy atom. The van der Waals surface area contributed by atoms with Gasteiger partial charge in [-0.2, -0.15) is 0 Å². The molecule has 2 aliphatic heterocycles. The van der Waals surface area contributed by atoms with Gasteiger partial charge in [-0.1, -0.05) is 17.7 Å². The molecule has 8 heteroatoms. The van der Waals surface area contributed by atoms with E-state index in [2.05, 4.69) is 5.32 Å². The molecule has 2 heterocycles. The minimum atomic E-state index is -3.70. The van der Waals surface area contributed by atoms with E-state index >= 15 is 0 Å². The first-order chi connectivity index (χ1) is 11.3. The van der Waals surface area contributed by atoms with Gasteiger partial charge in [0.15, 0.2) is 19.7 Å². The van der Waals surface area contributed by atoms with Crippen molar-refractivity contribution in [2.45, 2.75) is 42.1 Å². The summed E-state index contributed by atoms with van der Waals surface area (Å²) >= 11 is 0. The fraction of sp³-hybridized carbons (Fsp3) is 0.625. The van der Waals surface area contributed by atoms with E-state index in [9.17, 15) is 16.8 Å².